The summed E-state index contributed by atoms with van der Waals surface area (Å²) in [5.74, 6) is -0.258. The lowest BCUT2D eigenvalue weighted by Crippen LogP contribution is -2.15. The second-order valence-electron chi connectivity index (χ2n) is 7.88. The molecular weight excluding hydrogens is 436 g/mol. The van der Waals surface area contributed by atoms with Crippen molar-refractivity contribution in [2.24, 2.45) is 0 Å². The van der Waals surface area contributed by atoms with Gasteiger partial charge < -0.3 is 10.1 Å². The van der Waals surface area contributed by atoms with E-state index < -0.39 is 4.92 Å². The molecule has 2 aromatic heterocycles. The number of benzene rings is 2. The van der Waals surface area contributed by atoms with Crippen LogP contribution >= 0.6 is 0 Å². The summed E-state index contributed by atoms with van der Waals surface area (Å²) >= 11 is 0. The van der Waals surface area contributed by atoms with E-state index in [9.17, 15) is 14.9 Å². The van der Waals surface area contributed by atoms with Gasteiger partial charge in [0.05, 0.1) is 28.5 Å². The first kappa shape index (κ1) is 22.7. The van der Waals surface area contributed by atoms with E-state index in [4.69, 9.17) is 4.74 Å². The van der Waals surface area contributed by atoms with E-state index in [0.29, 0.717) is 17.9 Å². The van der Waals surface area contributed by atoms with Crippen molar-refractivity contribution in [2.75, 3.05) is 5.32 Å². The highest BCUT2D eigenvalue weighted by molar-refractivity contribution is 6.03. The summed E-state index contributed by atoms with van der Waals surface area (Å²) in [4.78, 5) is 23.4. The summed E-state index contributed by atoms with van der Waals surface area (Å²) in [6.07, 6.45) is 1.57. The third-order valence-corrected chi connectivity index (χ3v) is 5.36. The molecule has 1 N–H and O–H groups in total. The van der Waals surface area contributed by atoms with Crippen LogP contribution in [0.5, 0.6) is 5.75 Å². The maximum absolute atomic E-state index is 12.8. The molecular formula is C24H24N6O4. The Morgan fingerprint density at radius 3 is 2.53 bits per heavy atom. The van der Waals surface area contributed by atoms with E-state index in [1.807, 2.05) is 25.5 Å². The second-order valence-corrected chi connectivity index (χ2v) is 7.88. The second kappa shape index (κ2) is 9.57. The van der Waals surface area contributed by atoms with Crippen molar-refractivity contribution in [1.29, 1.82) is 0 Å². The van der Waals surface area contributed by atoms with Gasteiger partial charge in [0.15, 0.2) is 18.2 Å². The number of carbonyl (C=O) groups is 1. The number of aryl methyl sites for hydroxylation is 2. The molecule has 0 saturated heterocycles. The average molecular weight is 460 g/mol. The van der Waals surface area contributed by atoms with E-state index in [-0.39, 0.29) is 29.8 Å². The lowest BCUT2D eigenvalue weighted by Gasteiger charge is -2.07. The summed E-state index contributed by atoms with van der Waals surface area (Å²) in [7, 11) is 0. The molecule has 0 aliphatic rings. The van der Waals surface area contributed by atoms with Crippen LogP contribution in [0.2, 0.25) is 0 Å². The van der Waals surface area contributed by atoms with Crippen LogP contribution in [-0.2, 0) is 13.3 Å². The Morgan fingerprint density at radius 1 is 1.06 bits per heavy atom. The van der Waals surface area contributed by atoms with Gasteiger partial charge in [-0.05, 0) is 38.5 Å². The maximum Gasteiger partial charge on any atom is 0.311 e. The first-order valence-corrected chi connectivity index (χ1v) is 10.6. The molecule has 0 fully saturated rings. The fraction of sp³-hybridized carbons (Fsp3) is 0.208. The highest BCUT2D eigenvalue weighted by atomic mass is 16.6. The van der Waals surface area contributed by atoms with Gasteiger partial charge in [-0.1, -0.05) is 42.0 Å². The molecule has 2 aromatic carbocycles. The zero-order valence-corrected chi connectivity index (χ0v) is 19.1. The zero-order valence-electron chi connectivity index (χ0n) is 19.1. The molecule has 10 heteroatoms. The molecule has 1 amide bonds. The molecule has 0 radical (unpaired) electrons. The Hall–Kier alpha value is -4.47. The molecule has 174 valence electrons. The van der Waals surface area contributed by atoms with Crippen molar-refractivity contribution >= 4 is 17.3 Å². The van der Waals surface area contributed by atoms with Gasteiger partial charge >= 0.3 is 5.69 Å². The van der Waals surface area contributed by atoms with Crippen molar-refractivity contribution in [2.45, 2.75) is 34.0 Å². The van der Waals surface area contributed by atoms with Crippen LogP contribution in [0, 0.1) is 30.9 Å². The monoisotopic (exact) mass is 460 g/mol. The maximum atomic E-state index is 12.8. The minimum Gasteiger partial charge on any atom is -0.464 e. The highest BCUT2D eigenvalue weighted by Gasteiger charge is 2.18. The number of amides is 1. The van der Waals surface area contributed by atoms with E-state index >= 15 is 0 Å². The van der Waals surface area contributed by atoms with E-state index in [0.717, 1.165) is 11.3 Å². The van der Waals surface area contributed by atoms with Crippen LogP contribution in [0.4, 0.5) is 11.4 Å². The molecule has 4 rings (SSSR count). The Morgan fingerprint density at radius 2 is 1.79 bits per heavy atom. The SMILES string of the molecule is Cc1ccc(Cn2nc(C)c(NC(=O)c3ccn(COc4ccccc4[N+](=O)[O-])n3)c2C)cc1. The van der Waals surface area contributed by atoms with Crippen molar-refractivity contribution in [3.63, 3.8) is 0 Å². The first-order valence-electron chi connectivity index (χ1n) is 10.6. The Bertz CT molecular complexity index is 1340. The van der Waals surface area contributed by atoms with Crippen LogP contribution < -0.4 is 10.1 Å². The molecule has 0 spiro atoms. The van der Waals surface area contributed by atoms with Gasteiger partial charge in [-0.15, -0.1) is 0 Å². The van der Waals surface area contributed by atoms with E-state index in [1.165, 1.54) is 22.4 Å². The first-order chi connectivity index (χ1) is 16.3. The number of rotatable bonds is 8. The minimum atomic E-state index is -0.513. The molecule has 2 heterocycles. The van der Waals surface area contributed by atoms with Gasteiger partial charge in [0.25, 0.3) is 5.91 Å². The Kier molecular flexibility index (Phi) is 6.39. The number of nitrogens with one attached hydrogen (secondary N) is 1. The molecule has 0 atom stereocenters. The molecule has 0 aliphatic heterocycles. The molecule has 10 nitrogen and oxygen atoms in total. The summed E-state index contributed by atoms with van der Waals surface area (Å²) < 4.78 is 8.77. The molecule has 0 aliphatic carbocycles. The fourth-order valence-electron chi connectivity index (χ4n) is 3.50. The van der Waals surface area contributed by atoms with Crippen molar-refractivity contribution < 1.29 is 14.5 Å². The van der Waals surface area contributed by atoms with Crippen molar-refractivity contribution in [3.05, 3.63) is 99.1 Å². The van der Waals surface area contributed by atoms with Crippen LogP contribution in [0.3, 0.4) is 0 Å². The predicted octanol–water partition coefficient (Wildman–Crippen LogP) is 4.25. The van der Waals surface area contributed by atoms with Gasteiger partial charge in [0.1, 0.15) is 0 Å². The van der Waals surface area contributed by atoms with E-state index in [2.05, 4.69) is 39.8 Å². The number of anilines is 1. The summed E-state index contributed by atoms with van der Waals surface area (Å²) in [6, 6.07) is 15.9. The lowest BCUT2D eigenvalue weighted by molar-refractivity contribution is -0.386. The number of nitro groups is 1. The number of nitro benzene ring substituents is 1. The summed E-state index contributed by atoms with van der Waals surface area (Å²) in [5, 5.41) is 22.8. The Balaban J connectivity index is 1.42. The largest absolute Gasteiger partial charge is 0.464 e. The smallest absolute Gasteiger partial charge is 0.311 e. The van der Waals surface area contributed by atoms with Gasteiger partial charge in [-0.3, -0.25) is 19.6 Å². The topological polar surface area (TPSA) is 117 Å². The summed E-state index contributed by atoms with van der Waals surface area (Å²) in [5.41, 5.74) is 4.55. The molecule has 0 unspecified atom stereocenters. The van der Waals surface area contributed by atoms with Crippen LogP contribution in [0.1, 0.15) is 33.0 Å². The van der Waals surface area contributed by atoms with Crippen LogP contribution in [0.25, 0.3) is 0 Å². The van der Waals surface area contributed by atoms with Gasteiger partial charge in [0, 0.05) is 12.3 Å². The number of para-hydroxylation sites is 2. The molecule has 0 saturated carbocycles. The quantitative estimate of drug-likeness (QED) is 0.310. The van der Waals surface area contributed by atoms with Gasteiger partial charge in [-0.25, -0.2) is 4.68 Å². The van der Waals surface area contributed by atoms with Crippen molar-refractivity contribution in [3.8, 4) is 5.75 Å². The molecule has 0 bridgehead atoms. The summed E-state index contributed by atoms with van der Waals surface area (Å²) in [6.45, 7) is 6.31. The van der Waals surface area contributed by atoms with Gasteiger partial charge in [0.2, 0.25) is 0 Å². The fourth-order valence-corrected chi connectivity index (χ4v) is 3.50. The zero-order chi connectivity index (χ0) is 24.2. The Labute approximate surface area is 195 Å². The normalized spacial score (nSPS) is 10.8. The number of carbonyl (C=O) groups excluding carboxylic acids is 1. The van der Waals surface area contributed by atoms with Crippen molar-refractivity contribution in [1.82, 2.24) is 19.6 Å². The number of aromatic nitrogens is 4. The molecule has 4 aromatic rings. The highest BCUT2D eigenvalue weighted by Crippen LogP contribution is 2.26. The standard InChI is InChI=1S/C24H24N6O4/c1-16-8-10-19(11-9-16)14-29-18(3)23(17(2)26-29)25-24(31)20-12-13-28(27-20)15-34-22-7-5-4-6-21(22)30(32)33/h4-13H,14-15H2,1-3H3,(H,25,31). The number of hydrogen-bond acceptors (Lipinski definition) is 6. The number of hydrogen-bond donors (Lipinski definition) is 1. The lowest BCUT2D eigenvalue weighted by atomic mass is 10.1. The average Bonchev–Trinajstić information content (AvgIpc) is 3.40. The minimum absolute atomic E-state index is 0.0787. The van der Waals surface area contributed by atoms with Crippen LogP contribution in [-0.4, -0.2) is 30.4 Å². The molecule has 34 heavy (non-hydrogen) atoms. The number of nitrogens with zero attached hydrogens (tertiary/aromatic N) is 5. The van der Waals surface area contributed by atoms with E-state index in [1.54, 1.807) is 24.4 Å². The third kappa shape index (κ3) is 4.96. The van der Waals surface area contributed by atoms with Gasteiger partial charge in [-0.2, -0.15) is 10.2 Å². The predicted molar refractivity (Wildman–Crippen MR) is 126 cm³/mol. The number of ether oxygens (including phenoxy) is 1. The third-order valence-electron chi connectivity index (χ3n) is 5.36. The van der Waals surface area contributed by atoms with Crippen LogP contribution in [0.15, 0.2) is 60.8 Å².